The second-order valence-corrected chi connectivity index (χ2v) is 4.39. The van der Waals surface area contributed by atoms with Crippen molar-refractivity contribution < 1.29 is 14.0 Å². The lowest BCUT2D eigenvalue weighted by Gasteiger charge is -2.08. The molecule has 0 saturated carbocycles. The summed E-state index contributed by atoms with van der Waals surface area (Å²) < 4.78 is 5.41. The van der Waals surface area contributed by atoms with Crippen LogP contribution in [0.15, 0.2) is 34.7 Å². The molecule has 1 heterocycles. The Morgan fingerprint density at radius 3 is 2.15 bits per heavy atom. The van der Waals surface area contributed by atoms with Gasteiger partial charge in [0.15, 0.2) is 0 Å². The maximum absolute atomic E-state index is 11.2. The Kier molecular flexibility index (Phi) is 3.74. The van der Waals surface area contributed by atoms with E-state index in [0.717, 1.165) is 11.5 Å². The molecule has 0 atom stereocenters. The Bertz CT molecular complexity index is 629. The van der Waals surface area contributed by atoms with Crippen molar-refractivity contribution in [2.24, 2.45) is 11.5 Å². The first-order chi connectivity index (χ1) is 9.45. The molecule has 0 aliphatic heterocycles. The number of nitrogens with two attached hydrogens (primary N) is 2. The van der Waals surface area contributed by atoms with Crippen molar-refractivity contribution in [3.05, 3.63) is 53.0 Å². The highest BCUT2D eigenvalue weighted by Crippen LogP contribution is 2.16. The molecule has 0 fully saturated rings. The van der Waals surface area contributed by atoms with Gasteiger partial charge < -0.3 is 21.2 Å². The summed E-state index contributed by atoms with van der Waals surface area (Å²) in [6, 6.07) is 8.18. The summed E-state index contributed by atoms with van der Waals surface area (Å²) in [5.74, 6) is 0.313. The van der Waals surface area contributed by atoms with E-state index in [1.807, 2.05) is 19.1 Å². The molecule has 2 aromatic rings. The summed E-state index contributed by atoms with van der Waals surface area (Å²) >= 11 is 0. The fourth-order valence-electron chi connectivity index (χ4n) is 1.78. The largest absolute Gasteiger partial charge is 0.465 e. The van der Waals surface area contributed by atoms with E-state index in [1.165, 1.54) is 6.07 Å². The van der Waals surface area contributed by atoms with Gasteiger partial charge in [0.2, 0.25) is 11.8 Å². The molecule has 0 bridgehead atoms. The first-order valence-corrected chi connectivity index (χ1v) is 5.99. The van der Waals surface area contributed by atoms with Crippen molar-refractivity contribution in [3.63, 3.8) is 0 Å². The molecule has 0 unspecified atom stereocenters. The van der Waals surface area contributed by atoms with Gasteiger partial charge in [-0.05, 0) is 37.3 Å². The molecule has 0 spiro atoms. The minimum atomic E-state index is -0.620. The monoisotopic (exact) mass is 273 g/mol. The van der Waals surface area contributed by atoms with Gasteiger partial charge in [-0.1, -0.05) is 0 Å². The summed E-state index contributed by atoms with van der Waals surface area (Å²) in [5, 5.41) is 3.06. The number of rotatable bonds is 5. The molecule has 1 aromatic heterocycles. The van der Waals surface area contributed by atoms with Crippen LogP contribution < -0.4 is 16.8 Å². The number of furan rings is 1. The quantitative estimate of drug-likeness (QED) is 0.764. The van der Waals surface area contributed by atoms with Crippen LogP contribution >= 0.6 is 0 Å². The summed E-state index contributed by atoms with van der Waals surface area (Å²) in [4.78, 5) is 22.5. The summed E-state index contributed by atoms with van der Waals surface area (Å²) in [5.41, 5.74) is 11.5. The highest BCUT2D eigenvalue weighted by molar-refractivity contribution is 5.99. The van der Waals surface area contributed by atoms with E-state index >= 15 is 0 Å². The molecule has 104 valence electrons. The summed E-state index contributed by atoms with van der Waals surface area (Å²) in [6.07, 6.45) is 0. The zero-order valence-electron chi connectivity index (χ0n) is 11.0. The van der Waals surface area contributed by atoms with Gasteiger partial charge >= 0.3 is 0 Å². The smallest absolute Gasteiger partial charge is 0.248 e. The van der Waals surface area contributed by atoms with Gasteiger partial charge in [0.25, 0.3) is 0 Å². The van der Waals surface area contributed by atoms with Crippen LogP contribution in [-0.4, -0.2) is 11.8 Å². The van der Waals surface area contributed by atoms with Crippen molar-refractivity contribution in [3.8, 4) is 0 Å². The molecule has 20 heavy (non-hydrogen) atoms. The number of carbonyl (C=O) groups excluding carboxylic acids is 2. The third-order valence-corrected chi connectivity index (χ3v) is 2.76. The second-order valence-electron chi connectivity index (χ2n) is 4.39. The predicted octanol–water partition coefficient (Wildman–Crippen LogP) is 1.40. The van der Waals surface area contributed by atoms with E-state index < -0.39 is 11.8 Å². The number of anilines is 1. The minimum Gasteiger partial charge on any atom is -0.465 e. The van der Waals surface area contributed by atoms with Gasteiger partial charge in [-0.2, -0.15) is 0 Å². The third kappa shape index (κ3) is 3.17. The van der Waals surface area contributed by atoms with Gasteiger partial charge in [0.1, 0.15) is 11.5 Å². The molecule has 0 aliphatic rings. The Labute approximate surface area is 115 Å². The molecule has 5 N–H and O–H groups in total. The fraction of sp³-hybridized carbons (Fsp3) is 0.143. The van der Waals surface area contributed by atoms with E-state index in [2.05, 4.69) is 5.32 Å². The minimum absolute atomic E-state index is 0.222. The van der Waals surface area contributed by atoms with Gasteiger partial charge in [-0.3, -0.25) is 9.59 Å². The predicted molar refractivity (Wildman–Crippen MR) is 74.2 cm³/mol. The number of nitrogens with one attached hydrogen (secondary N) is 1. The van der Waals surface area contributed by atoms with E-state index in [0.29, 0.717) is 12.2 Å². The lowest BCUT2D eigenvalue weighted by atomic mass is 10.1. The first kappa shape index (κ1) is 13.7. The molecule has 6 heteroatoms. The Morgan fingerprint density at radius 2 is 1.70 bits per heavy atom. The number of amides is 2. The van der Waals surface area contributed by atoms with Gasteiger partial charge in [-0.15, -0.1) is 0 Å². The molecular weight excluding hydrogens is 258 g/mol. The fourth-order valence-corrected chi connectivity index (χ4v) is 1.78. The van der Waals surface area contributed by atoms with Crippen LogP contribution in [0.2, 0.25) is 0 Å². The summed E-state index contributed by atoms with van der Waals surface area (Å²) in [6.45, 7) is 2.27. The lowest BCUT2D eigenvalue weighted by molar-refractivity contribution is 0.0999. The lowest BCUT2D eigenvalue weighted by Crippen LogP contribution is -2.16. The van der Waals surface area contributed by atoms with Crippen molar-refractivity contribution in [2.45, 2.75) is 13.5 Å². The van der Waals surface area contributed by atoms with Crippen LogP contribution in [0.4, 0.5) is 5.69 Å². The molecule has 1 aromatic carbocycles. The molecule has 0 radical (unpaired) electrons. The SMILES string of the molecule is Cc1ccc(CNc2cc(C(N)=O)cc(C(N)=O)c2)o1. The van der Waals surface area contributed by atoms with Crippen LogP contribution in [0.1, 0.15) is 32.2 Å². The normalized spacial score (nSPS) is 10.2. The van der Waals surface area contributed by atoms with Crippen molar-refractivity contribution in [1.82, 2.24) is 0 Å². The highest BCUT2D eigenvalue weighted by atomic mass is 16.3. The zero-order valence-corrected chi connectivity index (χ0v) is 11.0. The maximum atomic E-state index is 11.2. The van der Waals surface area contributed by atoms with Crippen molar-refractivity contribution >= 4 is 17.5 Å². The molecule has 0 saturated heterocycles. The molecule has 2 amide bonds. The number of primary amides is 2. The van der Waals surface area contributed by atoms with Crippen LogP contribution in [0.3, 0.4) is 0 Å². The van der Waals surface area contributed by atoms with E-state index in [4.69, 9.17) is 15.9 Å². The van der Waals surface area contributed by atoms with Gasteiger partial charge in [0.05, 0.1) is 6.54 Å². The summed E-state index contributed by atoms with van der Waals surface area (Å²) in [7, 11) is 0. The molecule has 2 rings (SSSR count). The number of hydrogen-bond donors (Lipinski definition) is 3. The van der Waals surface area contributed by atoms with Crippen LogP contribution in [0, 0.1) is 6.92 Å². The van der Waals surface area contributed by atoms with Crippen LogP contribution in [-0.2, 0) is 6.54 Å². The highest BCUT2D eigenvalue weighted by Gasteiger charge is 2.09. The van der Waals surface area contributed by atoms with Crippen LogP contribution in [0.5, 0.6) is 0 Å². The average Bonchev–Trinajstić information content (AvgIpc) is 2.81. The Hall–Kier alpha value is -2.76. The Balaban J connectivity index is 2.21. The first-order valence-electron chi connectivity index (χ1n) is 5.99. The average molecular weight is 273 g/mol. The maximum Gasteiger partial charge on any atom is 0.248 e. The second kappa shape index (κ2) is 5.48. The molecule has 0 aliphatic carbocycles. The van der Waals surface area contributed by atoms with Gasteiger partial charge in [0, 0.05) is 16.8 Å². The van der Waals surface area contributed by atoms with Crippen molar-refractivity contribution in [2.75, 3.05) is 5.32 Å². The third-order valence-electron chi connectivity index (χ3n) is 2.76. The van der Waals surface area contributed by atoms with Gasteiger partial charge in [-0.25, -0.2) is 0 Å². The number of aryl methyl sites for hydroxylation is 1. The molecule has 6 nitrogen and oxygen atoms in total. The van der Waals surface area contributed by atoms with Crippen molar-refractivity contribution in [1.29, 1.82) is 0 Å². The van der Waals surface area contributed by atoms with E-state index in [-0.39, 0.29) is 11.1 Å². The topological polar surface area (TPSA) is 111 Å². The Morgan fingerprint density at radius 1 is 1.10 bits per heavy atom. The number of carbonyl (C=O) groups is 2. The van der Waals surface area contributed by atoms with Crippen LogP contribution in [0.25, 0.3) is 0 Å². The zero-order chi connectivity index (χ0) is 14.7. The number of hydrogen-bond acceptors (Lipinski definition) is 4. The van der Waals surface area contributed by atoms with E-state index in [9.17, 15) is 9.59 Å². The number of benzene rings is 1. The standard InChI is InChI=1S/C14H15N3O3/c1-8-2-3-12(20-8)7-17-11-5-9(13(15)18)4-10(6-11)14(16)19/h2-6,17H,7H2,1H3,(H2,15,18)(H2,16,19). The molecular formula is C14H15N3O3. The van der Waals surface area contributed by atoms with E-state index in [1.54, 1.807) is 12.1 Å².